The summed E-state index contributed by atoms with van der Waals surface area (Å²) in [6, 6.07) is 37.5. The SMILES string of the molecule is Cc1ccc(-c2cc(-c3c(Cl)nc4ccccc4c3-c3ccccc3)nc3ccccc23)cc1. The average Bonchev–Trinajstić information content (AvgIpc) is 2.88. The van der Waals surface area contributed by atoms with Crippen molar-refractivity contribution in [3.63, 3.8) is 0 Å². The number of hydrogen-bond acceptors (Lipinski definition) is 2. The molecule has 0 bridgehead atoms. The first-order valence-electron chi connectivity index (χ1n) is 11.3. The van der Waals surface area contributed by atoms with Gasteiger partial charge in [0.2, 0.25) is 0 Å². The number of para-hydroxylation sites is 2. The lowest BCUT2D eigenvalue weighted by Crippen LogP contribution is -1.96. The monoisotopic (exact) mass is 456 g/mol. The molecule has 2 heterocycles. The molecule has 0 aliphatic heterocycles. The number of benzene rings is 4. The van der Waals surface area contributed by atoms with Crippen molar-refractivity contribution < 1.29 is 0 Å². The summed E-state index contributed by atoms with van der Waals surface area (Å²) in [5.41, 5.74) is 9.12. The van der Waals surface area contributed by atoms with Crippen molar-refractivity contribution in [2.75, 3.05) is 0 Å². The lowest BCUT2D eigenvalue weighted by atomic mass is 9.92. The summed E-state index contributed by atoms with van der Waals surface area (Å²) < 4.78 is 0. The maximum atomic E-state index is 6.91. The molecule has 34 heavy (non-hydrogen) atoms. The van der Waals surface area contributed by atoms with Crippen molar-refractivity contribution in [3.8, 4) is 33.5 Å². The van der Waals surface area contributed by atoms with E-state index < -0.39 is 0 Å². The van der Waals surface area contributed by atoms with Crippen LogP contribution >= 0.6 is 11.6 Å². The van der Waals surface area contributed by atoms with E-state index in [9.17, 15) is 0 Å². The van der Waals surface area contributed by atoms with E-state index in [1.54, 1.807) is 0 Å². The standard InChI is InChI=1S/C31H21ClN2/c1-20-15-17-21(18-16-20)25-19-28(33-26-13-7-5-11-23(25)26)30-29(22-9-3-2-4-10-22)24-12-6-8-14-27(24)34-31(30)32/h2-19H,1H3. The summed E-state index contributed by atoms with van der Waals surface area (Å²) >= 11 is 6.91. The first-order chi connectivity index (χ1) is 16.7. The highest BCUT2D eigenvalue weighted by Crippen LogP contribution is 2.42. The van der Waals surface area contributed by atoms with Crippen LogP contribution in [0.1, 0.15) is 5.56 Å². The molecule has 2 aromatic heterocycles. The lowest BCUT2D eigenvalue weighted by Gasteiger charge is -2.17. The molecule has 0 N–H and O–H groups in total. The van der Waals surface area contributed by atoms with Gasteiger partial charge in [0.1, 0.15) is 5.15 Å². The Balaban J connectivity index is 1.72. The summed E-state index contributed by atoms with van der Waals surface area (Å²) in [6.07, 6.45) is 0. The van der Waals surface area contributed by atoms with Gasteiger partial charge in [-0.05, 0) is 41.8 Å². The lowest BCUT2D eigenvalue weighted by molar-refractivity contribution is 1.35. The molecule has 0 saturated heterocycles. The molecule has 0 aliphatic carbocycles. The van der Waals surface area contributed by atoms with Crippen LogP contribution in [0.2, 0.25) is 5.15 Å². The molecule has 0 amide bonds. The maximum Gasteiger partial charge on any atom is 0.139 e. The zero-order valence-electron chi connectivity index (χ0n) is 18.7. The van der Waals surface area contributed by atoms with Gasteiger partial charge in [0.15, 0.2) is 0 Å². The molecule has 3 heteroatoms. The first-order valence-corrected chi connectivity index (χ1v) is 11.7. The number of nitrogens with zero attached hydrogens (tertiary/aromatic N) is 2. The Bertz CT molecular complexity index is 1660. The van der Waals surface area contributed by atoms with E-state index in [0.717, 1.165) is 55.3 Å². The summed E-state index contributed by atoms with van der Waals surface area (Å²) in [5.74, 6) is 0. The third-order valence-corrected chi connectivity index (χ3v) is 6.52. The highest BCUT2D eigenvalue weighted by atomic mass is 35.5. The van der Waals surface area contributed by atoms with Gasteiger partial charge < -0.3 is 0 Å². The molecule has 4 aromatic carbocycles. The fraction of sp³-hybridized carbons (Fsp3) is 0.0323. The number of pyridine rings is 2. The van der Waals surface area contributed by atoms with Crippen LogP contribution in [0.5, 0.6) is 0 Å². The molecule has 0 unspecified atom stereocenters. The predicted octanol–water partition coefficient (Wildman–Crippen LogP) is 8.75. The van der Waals surface area contributed by atoms with Gasteiger partial charge in [-0.3, -0.25) is 0 Å². The molecule has 0 spiro atoms. The minimum Gasteiger partial charge on any atom is -0.248 e. The van der Waals surface area contributed by atoms with Gasteiger partial charge >= 0.3 is 0 Å². The van der Waals surface area contributed by atoms with E-state index in [4.69, 9.17) is 21.6 Å². The second kappa shape index (κ2) is 8.40. The summed E-state index contributed by atoms with van der Waals surface area (Å²) in [5, 5.41) is 2.62. The van der Waals surface area contributed by atoms with Crippen molar-refractivity contribution in [2.45, 2.75) is 6.92 Å². The van der Waals surface area contributed by atoms with E-state index in [1.807, 2.05) is 42.5 Å². The van der Waals surface area contributed by atoms with Crippen LogP contribution in [0.15, 0.2) is 109 Å². The summed E-state index contributed by atoms with van der Waals surface area (Å²) in [7, 11) is 0. The largest absolute Gasteiger partial charge is 0.248 e. The molecule has 162 valence electrons. The first kappa shape index (κ1) is 20.6. The van der Waals surface area contributed by atoms with E-state index in [1.165, 1.54) is 5.56 Å². The molecule has 0 saturated carbocycles. The Morgan fingerprint density at radius 2 is 1.18 bits per heavy atom. The molecular weight excluding hydrogens is 436 g/mol. The highest BCUT2D eigenvalue weighted by molar-refractivity contribution is 6.34. The van der Waals surface area contributed by atoms with Crippen molar-refractivity contribution in [3.05, 3.63) is 120 Å². The van der Waals surface area contributed by atoms with Crippen LogP contribution in [0.4, 0.5) is 0 Å². The summed E-state index contributed by atoms with van der Waals surface area (Å²) in [6.45, 7) is 2.10. The van der Waals surface area contributed by atoms with Crippen LogP contribution in [-0.4, -0.2) is 9.97 Å². The highest BCUT2D eigenvalue weighted by Gasteiger charge is 2.20. The number of rotatable bonds is 3. The van der Waals surface area contributed by atoms with Gasteiger partial charge in [-0.25, -0.2) is 9.97 Å². The average molecular weight is 457 g/mol. The number of hydrogen-bond donors (Lipinski definition) is 0. The van der Waals surface area contributed by atoms with Gasteiger partial charge in [0.05, 0.1) is 16.7 Å². The second-order valence-electron chi connectivity index (χ2n) is 8.47. The van der Waals surface area contributed by atoms with Crippen molar-refractivity contribution in [1.82, 2.24) is 9.97 Å². The maximum absolute atomic E-state index is 6.91. The second-order valence-corrected chi connectivity index (χ2v) is 8.83. The third kappa shape index (κ3) is 3.53. The van der Waals surface area contributed by atoms with Gasteiger partial charge in [-0.15, -0.1) is 0 Å². The van der Waals surface area contributed by atoms with Crippen molar-refractivity contribution in [1.29, 1.82) is 0 Å². The predicted molar refractivity (Wildman–Crippen MR) is 143 cm³/mol. The van der Waals surface area contributed by atoms with E-state index in [0.29, 0.717) is 5.15 Å². The molecule has 0 aliphatic rings. The number of aryl methyl sites for hydroxylation is 1. The van der Waals surface area contributed by atoms with Crippen LogP contribution in [0, 0.1) is 6.92 Å². The zero-order valence-corrected chi connectivity index (χ0v) is 19.4. The van der Waals surface area contributed by atoms with Gasteiger partial charge in [0.25, 0.3) is 0 Å². The number of halogens is 1. The molecule has 0 fully saturated rings. The summed E-state index contributed by atoms with van der Waals surface area (Å²) in [4.78, 5) is 9.84. The molecule has 2 nitrogen and oxygen atoms in total. The Morgan fingerprint density at radius 1 is 0.559 bits per heavy atom. The quantitative estimate of drug-likeness (QED) is 0.249. The van der Waals surface area contributed by atoms with Gasteiger partial charge in [-0.2, -0.15) is 0 Å². The fourth-order valence-electron chi connectivity index (χ4n) is 4.60. The smallest absolute Gasteiger partial charge is 0.139 e. The van der Waals surface area contributed by atoms with E-state index in [2.05, 4.69) is 73.7 Å². The number of fused-ring (bicyclic) bond motifs is 2. The van der Waals surface area contributed by atoms with Crippen LogP contribution in [0.25, 0.3) is 55.3 Å². The zero-order chi connectivity index (χ0) is 23.1. The van der Waals surface area contributed by atoms with Crippen LogP contribution in [-0.2, 0) is 0 Å². The molecular formula is C31H21ClN2. The van der Waals surface area contributed by atoms with Crippen LogP contribution in [0.3, 0.4) is 0 Å². The Labute approximate surface area is 203 Å². The molecule has 0 radical (unpaired) electrons. The fourth-order valence-corrected chi connectivity index (χ4v) is 4.88. The normalized spacial score (nSPS) is 11.2. The van der Waals surface area contributed by atoms with Crippen LogP contribution < -0.4 is 0 Å². The van der Waals surface area contributed by atoms with Crippen molar-refractivity contribution in [2.24, 2.45) is 0 Å². The van der Waals surface area contributed by atoms with Gasteiger partial charge in [0, 0.05) is 21.9 Å². The Kier molecular flexibility index (Phi) is 5.09. The number of aromatic nitrogens is 2. The third-order valence-electron chi connectivity index (χ3n) is 6.25. The van der Waals surface area contributed by atoms with Crippen molar-refractivity contribution >= 4 is 33.4 Å². The van der Waals surface area contributed by atoms with E-state index in [-0.39, 0.29) is 0 Å². The topological polar surface area (TPSA) is 25.8 Å². The Morgan fingerprint density at radius 3 is 1.91 bits per heavy atom. The minimum atomic E-state index is 0.454. The molecule has 6 aromatic rings. The molecule has 6 rings (SSSR count). The van der Waals surface area contributed by atoms with Gasteiger partial charge in [-0.1, -0.05) is 108 Å². The molecule has 0 atom stereocenters. The van der Waals surface area contributed by atoms with E-state index >= 15 is 0 Å². The Hall–Kier alpha value is -4.01. The minimum absolute atomic E-state index is 0.454.